The van der Waals surface area contributed by atoms with Crippen molar-refractivity contribution in [2.75, 3.05) is 23.3 Å². The third-order valence-electron chi connectivity index (χ3n) is 5.34. The van der Waals surface area contributed by atoms with E-state index in [2.05, 4.69) is 36.2 Å². The smallest absolute Gasteiger partial charge is 0.227 e. The Morgan fingerprint density at radius 3 is 2.38 bits per heavy atom. The van der Waals surface area contributed by atoms with Crippen LogP contribution in [0.15, 0.2) is 24.3 Å². The van der Waals surface area contributed by atoms with Gasteiger partial charge in [-0.1, -0.05) is 6.42 Å². The molecule has 1 N–H and O–H groups in total. The van der Waals surface area contributed by atoms with Crippen LogP contribution < -0.4 is 10.2 Å². The Hall–Kier alpha value is -1.51. The van der Waals surface area contributed by atoms with Crippen LogP contribution in [0.25, 0.3) is 0 Å². The van der Waals surface area contributed by atoms with E-state index in [1.165, 1.54) is 24.9 Å². The zero-order chi connectivity index (χ0) is 14.8. The fourth-order valence-corrected chi connectivity index (χ4v) is 4.15. The lowest BCUT2D eigenvalue weighted by Crippen LogP contribution is -2.27. The summed E-state index contributed by atoms with van der Waals surface area (Å²) in [5, 5.41) is 3.11. The van der Waals surface area contributed by atoms with Crippen molar-refractivity contribution in [1.29, 1.82) is 0 Å². The Kier molecular flexibility index (Phi) is 4.18. The third kappa shape index (κ3) is 2.92. The SMILES string of the molecule is CCN(CC)c1ccc(NC(=O)[C@H]2C[C@@H]3CC[C@H]2C3)cc1. The second-order valence-electron chi connectivity index (χ2n) is 6.49. The van der Waals surface area contributed by atoms with Gasteiger partial charge in [0.05, 0.1) is 0 Å². The van der Waals surface area contributed by atoms with Crippen LogP contribution in [0.2, 0.25) is 0 Å². The highest BCUT2D eigenvalue weighted by molar-refractivity contribution is 5.93. The molecule has 0 unspecified atom stereocenters. The van der Waals surface area contributed by atoms with Crippen LogP contribution in [0.4, 0.5) is 11.4 Å². The summed E-state index contributed by atoms with van der Waals surface area (Å²) in [5.41, 5.74) is 2.15. The Bertz CT molecular complexity index is 492. The van der Waals surface area contributed by atoms with Gasteiger partial charge in [-0.05, 0) is 69.2 Å². The van der Waals surface area contributed by atoms with Crippen LogP contribution in [-0.2, 0) is 4.79 Å². The van der Waals surface area contributed by atoms with E-state index in [0.717, 1.165) is 31.1 Å². The zero-order valence-corrected chi connectivity index (χ0v) is 13.1. The predicted molar refractivity (Wildman–Crippen MR) is 87.6 cm³/mol. The standard InChI is InChI=1S/C18H26N2O/c1-3-20(4-2)16-9-7-15(8-10-16)19-18(21)17-12-13-5-6-14(17)11-13/h7-10,13-14,17H,3-6,11-12H2,1-2H3,(H,19,21)/t13-,14+,17+/m1/s1. The van der Waals surface area contributed by atoms with Crippen LogP contribution in [0.3, 0.4) is 0 Å². The minimum atomic E-state index is 0.234. The van der Waals surface area contributed by atoms with Crippen molar-refractivity contribution in [2.24, 2.45) is 17.8 Å². The van der Waals surface area contributed by atoms with Gasteiger partial charge in [-0.2, -0.15) is 0 Å². The monoisotopic (exact) mass is 286 g/mol. The summed E-state index contributed by atoms with van der Waals surface area (Å²) >= 11 is 0. The normalized spacial score (nSPS) is 26.9. The number of carbonyl (C=O) groups excluding carboxylic acids is 1. The van der Waals surface area contributed by atoms with Crippen LogP contribution in [0.1, 0.15) is 39.5 Å². The lowest BCUT2D eigenvalue weighted by molar-refractivity contribution is -0.121. The van der Waals surface area contributed by atoms with Gasteiger partial charge >= 0.3 is 0 Å². The molecule has 2 saturated carbocycles. The molecule has 3 heteroatoms. The van der Waals surface area contributed by atoms with Gasteiger partial charge in [0.2, 0.25) is 5.91 Å². The van der Waals surface area contributed by atoms with Crippen molar-refractivity contribution in [1.82, 2.24) is 0 Å². The van der Waals surface area contributed by atoms with Crippen molar-refractivity contribution in [3.63, 3.8) is 0 Å². The summed E-state index contributed by atoms with van der Waals surface area (Å²) in [7, 11) is 0. The molecule has 1 aromatic carbocycles. The number of nitrogens with zero attached hydrogens (tertiary/aromatic N) is 1. The Morgan fingerprint density at radius 1 is 1.14 bits per heavy atom. The van der Waals surface area contributed by atoms with E-state index >= 15 is 0 Å². The number of anilines is 2. The van der Waals surface area contributed by atoms with Crippen LogP contribution in [-0.4, -0.2) is 19.0 Å². The molecule has 3 atom stereocenters. The average molecular weight is 286 g/mol. The van der Waals surface area contributed by atoms with Gasteiger partial charge in [0, 0.05) is 30.4 Å². The lowest BCUT2D eigenvalue weighted by Gasteiger charge is -2.22. The number of nitrogens with one attached hydrogen (secondary N) is 1. The Morgan fingerprint density at radius 2 is 1.86 bits per heavy atom. The van der Waals surface area contributed by atoms with Gasteiger partial charge in [-0.15, -0.1) is 0 Å². The fourth-order valence-electron chi connectivity index (χ4n) is 4.15. The molecule has 0 aromatic heterocycles. The number of benzene rings is 1. The largest absolute Gasteiger partial charge is 0.372 e. The summed E-state index contributed by atoms with van der Waals surface area (Å²) < 4.78 is 0. The fraction of sp³-hybridized carbons (Fsp3) is 0.611. The molecular formula is C18H26N2O. The molecule has 3 nitrogen and oxygen atoms in total. The summed E-state index contributed by atoms with van der Waals surface area (Å²) in [6.45, 7) is 6.34. The first kappa shape index (κ1) is 14.4. The number of carbonyl (C=O) groups is 1. The maximum atomic E-state index is 12.4. The molecule has 2 aliphatic carbocycles. The van der Waals surface area contributed by atoms with Crippen molar-refractivity contribution >= 4 is 17.3 Å². The van der Waals surface area contributed by atoms with Crippen molar-refractivity contribution in [3.05, 3.63) is 24.3 Å². The van der Waals surface area contributed by atoms with Gasteiger partial charge in [-0.25, -0.2) is 0 Å². The molecule has 1 aromatic rings. The van der Waals surface area contributed by atoms with Gasteiger partial charge < -0.3 is 10.2 Å². The number of fused-ring (bicyclic) bond motifs is 2. The van der Waals surface area contributed by atoms with Crippen LogP contribution in [0.5, 0.6) is 0 Å². The Labute approximate surface area is 127 Å². The zero-order valence-electron chi connectivity index (χ0n) is 13.1. The van der Waals surface area contributed by atoms with E-state index in [1.807, 2.05) is 12.1 Å². The summed E-state index contributed by atoms with van der Waals surface area (Å²) in [6.07, 6.45) is 4.98. The first-order valence-corrected chi connectivity index (χ1v) is 8.37. The van der Waals surface area contributed by atoms with Crippen LogP contribution >= 0.6 is 0 Å². The molecule has 1 amide bonds. The maximum Gasteiger partial charge on any atom is 0.227 e. The van der Waals surface area contributed by atoms with E-state index in [9.17, 15) is 4.79 Å². The molecule has 2 aliphatic rings. The molecule has 2 fully saturated rings. The molecule has 0 heterocycles. The van der Waals surface area contributed by atoms with Crippen molar-refractivity contribution in [3.8, 4) is 0 Å². The van der Waals surface area contributed by atoms with E-state index in [1.54, 1.807) is 0 Å². The highest BCUT2D eigenvalue weighted by atomic mass is 16.1. The predicted octanol–water partition coefficient (Wildman–Crippen LogP) is 3.91. The molecule has 0 aliphatic heterocycles. The number of amides is 1. The van der Waals surface area contributed by atoms with Gasteiger partial charge in [0.1, 0.15) is 0 Å². The van der Waals surface area contributed by atoms with E-state index in [0.29, 0.717) is 5.92 Å². The van der Waals surface area contributed by atoms with E-state index in [4.69, 9.17) is 0 Å². The number of hydrogen-bond donors (Lipinski definition) is 1. The molecule has 0 spiro atoms. The summed E-state index contributed by atoms with van der Waals surface area (Å²) in [4.78, 5) is 14.7. The highest BCUT2D eigenvalue weighted by Gasteiger charge is 2.42. The lowest BCUT2D eigenvalue weighted by atomic mass is 9.88. The van der Waals surface area contributed by atoms with Crippen LogP contribution in [0, 0.1) is 17.8 Å². The molecular weight excluding hydrogens is 260 g/mol. The molecule has 21 heavy (non-hydrogen) atoms. The Balaban J connectivity index is 1.61. The molecule has 114 valence electrons. The third-order valence-corrected chi connectivity index (χ3v) is 5.34. The highest BCUT2D eigenvalue weighted by Crippen LogP contribution is 2.48. The minimum Gasteiger partial charge on any atom is -0.372 e. The molecule has 0 radical (unpaired) electrons. The second-order valence-corrected chi connectivity index (χ2v) is 6.49. The molecule has 2 bridgehead atoms. The van der Waals surface area contributed by atoms with Crippen molar-refractivity contribution in [2.45, 2.75) is 39.5 Å². The number of hydrogen-bond acceptors (Lipinski definition) is 2. The average Bonchev–Trinajstić information content (AvgIpc) is 3.13. The molecule has 0 saturated heterocycles. The molecule has 3 rings (SSSR count). The van der Waals surface area contributed by atoms with E-state index in [-0.39, 0.29) is 11.8 Å². The van der Waals surface area contributed by atoms with Gasteiger partial charge in [0.25, 0.3) is 0 Å². The van der Waals surface area contributed by atoms with Crippen molar-refractivity contribution < 1.29 is 4.79 Å². The minimum absolute atomic E-state index is 0.234. The first-order valence-electron chi connectivity index (χ1n) is 8.37. The van der Waals surface area contributed by atoms with E-state index < -0.39 is 0 Å². The number of rotatable bonds is 5. The van der Waals surface area contributed by atoms with Gasteiger partial charge in [-0.3, -0.25) is 4.79 Å². The quantitative estimate of drug-likeness (QED) is 0.890. The van der Waals surface area contributed by atoms with Gasteiger partial charge in [0.15, 0.2) is 0 Å². The second kappa shape index (κ2) is 6.08. The summed E-state index contributed by atoms with van der Waals surface area (Å²) in [5.74, 6) is 1.95. The first-order chi connectivity index (χ1) is 10.2. The maximum absolute atomic E-state index is 12.4. The topological polar surface area (TPSA) is 32.3 Å². The summed E-state index contributed by atoms with van der Waals surface area (Å²) in [6, 6.07) is 8.25.